The highest BCUT2D eigenvalue weighted by Crippen LogP contribution is 2.45. The lowest BCUT2D eigenvalue weighted by Crippen LogP contribution is -2.50. The zero-order valence-corrected chi connectivity index (χ0v) is 27.2. The van der Waals surface area contributed by atoms with E-state index in [1.807, 2.05) is 11.5 Å². The second-order valence-corrected chi connectivity index (χ2v) is 13.4. The van der Waals surface area contributed by atoms with E-state index in [0.29, 0.717) is 61.4 Å². The van der Waals surface area contributed by atoms with Crippen molar-refractivity contribution in [3.8, 4) is 0 Å². The second-order valence-electron chi connectivity index (χ2n) is 11.9. The molecular formula is C29H50N7O5P. The molecule has 42 heavy (non-hydrogen) atoms. The number of hydrogen-bond acceptors (Lipinski definition) is 11. The summed E-state index contributed by atoms with van der Waals surface area (Å²) >= 11 is 0. The molecular weight excluding hydrogens is 557 g/mol. The number of ether oxygens (including phenoxy) is 3. The standard InChI is InChI=1S/C29H50N7O5P/c1-8-21(9-2)15-39-26(37)28(6,7)34-42(35-29(12-13-29)27(38)40-16-22(10-3)11-4)19-41-20(5)14-36-18-33-23-24(30)31-17-32-25(23)36/h17-18,20-22,34-35H,8-16,19H2,1-7H3,(H2,30,31,32). The highest BCUT2D eigenvalue weighted by Gasteiger charge is 2.53. The Labute approximate surface area is 251 Å². The molecule has 1 fully saturated rings. The number of esters is 2. The average Bonchev–Trinajstić information content (AvgIpc) is 3.64. The highest BCUT2D eigenvalue weighted by molar-refractivity contribution is 7.53. The maximum atomic E-state index is 13.2. The van der Waals surface area contributed by atoms with Gasteiger partial charge in [0.05, 0.1) is 46.8 Å². The maximum absolute atomic E-state index is 13.2. The van der Waals surface area contributed by atoms with Gasteiger partial charge < -0.3 is 24.5 Å². The molecule has 0 spiro atoms. The number of aromatic nitrogens is 4. The number of rotatable bonds is 19. The van der Waals surface area contributed by atoms with E-state index >= 15 is 0 Å². The van der Waals surface area contributed by atoms with Gasteiger partial charge in [0.15, 0.2) is 11.5 Å². The zero-order chi connectivity index (χ0) is 30.9. The lowest BCUT2D eigenvalue weighted by Gasteiger charge is -2.33. The molecule has 0 radical (unpaired) electrons. The Hall–Kier alpha value is -2.40. The molecule has 4 N–H and O–H groups in total. The van der Waals surface area contributed by atoms with Crippen LogP contribution in [-0.4, -0.2) is 68.2 Å². The van der Waals surface area contributed by atoms with Crippen LogP contribution in [0.1, 0.15) is 87.0 Å². The van der Waals surface area contributed by atoms with E-state index in [1.54, 1.807) is 20.2 Å². The van der Waals surface area contributed by atoms with E-state index in [1.165, 1.54) is 6.33 Å². The first-order valence-corrected chi connectivity index (χ1v) is 16.7. The van der Waals surface area contributed by atoms with E-state index < -0.39 is 19.3 Å². The maximum Gasteiger partial charge on any atom is 0.326 e. The molecule has 1 saturated carbocycles. The molecule has 0 aromatic carbocycles. The Bertz CT molecular complexity index is 1130. The van der Waals surface area contributed by atoms with E-state index in [-0.39, 0.29) is 24.4 Å². The number of nitrogens with one attached hydrogen (secondary N) is 2. The zero-order valence-electron chi connectivity index (χ0n) is 26.3. The van der Waals surface area contributed by atoms with Gasteiger partial charge in [0.2, 0.25) is 0 Å². The fraction of sp³-hybridized carbons (Fsp3) is 0.759. The third kappa shape index (κ3) is 9.05. The van der Waals surface area contributed by atoms with Gasteiger partial charge in [-0.2, -0.15) is 0 Å². The number of hydrogen-bond donors (Lipinski definition) is 3. The van der Waals surface area contributed by atoms with Gasteiger partial charge >= 0.3 is 11.9 Å². The number of carbonyl (C=O) groups excluding carboxylic acids is 2. The summed E-state index contributed by atoms with van der Waals surface area (Å²) in [6, 6.07) is 0. The topological polar surface area (TPSA) is 156 Å². The number of nitrogens with two attached hydrogens (primary N) is 1. The van der Waals surface area contributed by atoms with Crippen molar-refractivity contribution in [2.24, 2.45) is 11.8 Å². The quantitative estimate of drug-likeness (QED) is 0.152. The molecule has 2 atom stereocenters. The van der Waals surface area contributed by atoms with E-state index in [2.05, 4.69) is 52.8 Å². The van der Waals surface area contributed by atoms with Crippen molar-refractivity contribution in [3.05, 3.63) is 12.7 Å². The molecule has 0 saturated heterocycles. The molecule has 13 heteroatoms. The molecule has 0 bridgehead atoms. The summed E-state index contributed by atoms with van der Waals surface area (Å²) in [6.07, 6.45) is 8.27. The Kier molecular flexibility index (Phi) is 12.5. The van der Waals surface area contributed by atoms with Gasteiger partial charge in [-0.15, -0.1) is 0 Å². The summed E-state index contributed by atoms with van der Waals surface area (Å²) < 4.78 is 19.6. The molecule has 2 unspecified atom stereocenters. The summed E-state index contributed by atoms with van der Waals surface area (Å²) in [4.78, 5) is 38.9. The van der Waals surface area contributed by atoms with Crippen molar-refractivity contribution in [2.45, 2.75) is 111 Å². The number of fused-ring (bicyclic) bond motifs is 1. The summed E-state index contributed by atoms with van der Waals surface area (Å²) in [7, 11) is -1.34. The molecule has 2 aromatic heterocycles. The Balaban J connectivity index is 1.69. The van der Waals surface area contributed by atoms with Crippen molar-refractivity contribution in [3.63, 3.8) is 0 Å². The van der Waals surface area contributed by atoms with Crippen molar-refractivity contribution < 1.29 is 23.8 Å². The van der Waals surface area contributed by atoms with E-state index in [4.69, 9.17) is 19.9 Å². The van der Waals surface area contributed by atoms with Gasteiger partial charge in [0.25, 0.3) is 0 Å². The third-order valence-corrected chi connectivity index (χ3v) is 9.93. The van der Waals surface area contributed by atoms with Crippen molar-refractivity contribution in [2.75, 3.05) is 25.3 Å². The van der Waals surface area contributed by atoms with Crippen molar-refractivity contribution >= 4 is 37.1 Å². The first kappa shape index (κ1) is 34.1. The largest absolute Gasteiger partial charge is 0.464 e. The van der Waals surface area contributed by atoms with Crippen LogP contribution in [0.15, 0.2) is 12.7 Å². The fourth-order valence-corrected chi connectivity index (χ4v) is 6.72. The van der Waals surface area contributed by atoms with Crippen LogP contribution in [0, 0.1) is 11.8 Å². The molecule has 1 aliphatic carbocycles. The fourth-order valence-electron chi connectivity index (χ4n) is 4.54. The molecule has 3 rings (SSSR count). The Morgan fingerprint density at radius 2 is 1.67 bits per heavy atom. The minimum atomic E-state index is -1.34. The van der Waals surface area contributed by atoms with Crippen LogP contribution in [0.3, 0.4) is 0 Å². The van der Waals surface area contributed by atoms with Crippen LogP contribution >= 0.6 is 8.22 Å². The van der Waals surface area contributed by atoms with Gasteiger partial charge in [-0.05, 0) is 45.4 Å². The number of carbonyl (C=O) groups is 2. The predicted molar refractivity (Wildman–Crippen MR) is 164 cm³/mol. The predicted octanol–water partition coefficient (Wildman–Crippen LogP) is 4.53. The van der Waals surface area contributed by atoms with Crippen LogP contribution in [0.2, 0.25) is 0 Å². The minimum absolute atomic E-state index is 0.228. The van der Waals surface area contributed by atoms with Crippen LogP contribution in [0.5, 0.6) is 0 Å². The van der Waals surface area contributed by atoms with Crippen molar-refractivity contribution in [1.29, 1.82) is 0 Å². The lowest BCUT2D eigenvalue weighted by atomic mass is 10.0. The Morgan fingerprint density at radius 3 is 2.26 bits per heavy atom. The normalized spacial score (nSPS) is 16.1. The molecule has 2 aromatic rings. The summed E-state index contributed by atoms with van der Waals surface area (Å²) in [6.45, 7) is 15.2. The number of anilines is 1. The molecule has 12 nitrogen and oxygen atoms in total. The summed E-state index contributed by atoms with van der Waals surface area (Å²) in [5.41, 5.74) is 5.34. The molecule has 0 amide bonds. The molecule has 236 valence electrons. The van der Waals surface area contributed by atoms with Crippen LogP contribution in [-0.2, 0) is 30.3 Å². The molecule has 2 heterocycles. The minimum Gasteiger partial charge on any atom is -0.464 e. The molecule has 0 aliphatic heterocycles. The van der Waals surface area contributed by atoms with Gasteiger partial charge in [0.1, 0.15) is 22.9 Å². The van der Waals surface area contributed by atoms with Crippen LogP contribution in [0.25, 0.3) is 11.2 Å². The first-order chi connectivity index (χ1) is 20.0. The number of imidazole rings is 1. The smallest absolute Gasteiger partial charge is 0.326 e. The lowest BCUT2D eigenvalue weighted by molar-refractivity contribution is -0.151. The average molecular weight is 608 g/mol. The second kappa shape index (κ2) is 15.4. The highest BCUT2D eigenvalue weighted by atomic mass is 31.1. The van der Waals surface area contributed by atoms with Crippen molar-refractivity contribution in [1.82, 2.24) is 29.7 Å². The number of nitrogen functional groups attached to an aromatic ring is 1. The first-order valence-electron chi connectivity index (χ1n) is 15.2. The van der Waals surface area contributed by atoms with E-state index in [0.717, 1.165) is 25.7 Å². The van der Waals surface area contributed by atoms with Crippen LogP contribution in [0.4, 0.5) is 5.82 Å². The molecule has 1 aliphatic rings. The van der Waals surface area contributed by atoms with Gasteiger partial charge in [-0.1, -0.05) is 53.4 Å². The number of nitrogens with zero attached hydrogens (tertiary/aromatic N) is 4. The SMILES string of the molecule is CCC(CC)COC(=O)C(C)(C)NP(COC(C)Cn1cnc2c(N)ncnc21)NC1(C(=O)OCC(CC)CC)CC1. The monoisotopic (exact) mass is 607 g/mol. The summed E-state index contributed by atoms with van der Waals surface area (Å²) in [5.74, 6) is 0.423. The summed E-state index contributed by atoms with van der Waals surface area (Å²) in [5, 5.41) is 6.94. The van der Waals surface area contributed by atoms with Gasteiger partial charge in [-0.3, -0.25) is 19.8 Å². The van der Waals surface area contributed by atoms with Gasteiger partial charge in [-0.25, -0.2) is 15.0 Å². The Morgan fingerprint density at radius 1 is 1.05 bits per heavy atom. The third-order valence-electron chi connectivity index (χ3n) is 8.00. The van der Waals surface area contributed by atoms with E-state index in [9.17, 15) is 9.59 Å². The van der Waals surface area contributed by atoms with Crippen LogP contribution < -0.4 is 15.9 Å². The van der Waals surface area contributed by atoms with Gasteiger partial charge in [0, 0.05) is 0 Å².